The van der Waals surface area contributed by atoms with E-state index < -0.39 is 0 Å². The molecule has 1 aliphatic heterocycles. The number of aromatic nitrogens is 3. The Hall–Kier alpha value is -1.06. The fraction of sp³-hybridized carbons (Fsp3) is 0.800. The molecule has 0 spiro atoms. The van der Waals surface area contributed by atoms with Crippen molar-refractivity contribution in [1.82, 2.24) is 14.3 Å². The standard InChI is InChI=1S/C10H17N3O/c1-10(2,3)13-9(14)12-7-5-4-6-8(12)11-13/h4-7H2,1-3H3. The van der Waals surface area contributed by atoms with Crippen LogP contribution in [0.5, 0.6) is 0 Å². The summed E-state index contributed by atoms with van der Waals surface area (Å²) in [5.74, 6) is 0.955. The molecule has 0 atom stereocenters. The lowest BCUT2D eigenvalue weighted by atomic mass is 10.1. The number of rotatable bonds is 0. The fourth-order valence-electron chi connectivity index (χ4n) is 1.84. The quantitative estimate of drug-likeness (QED) is 0.622. The molecule has 0 aromatic carbocycles. The van der Waals surface area contributed by atoms with Crippen LogP contribution in [0.4, 0.5) is 0 Å². The third kappa shape index (κ3) is 1.38. The van der Waals surface area contributed by atoms with E-state index >= 15 is 0 Å². The summed E-state index contributed by atoms with van der Waals surface area (Å²) >= 11 is 0. The highest BCUT2D eigenvalue weighted by molar-refractivity contribution is 4.93. The maximum absolute atomic E-state index is 11.9. The Kier molecular flexibility index (Phi) is 2.01. The van der Waals surface area contributed by atoms with Crippen LogP contribution in [-0.4, -0.2) is 14.3 Å². The van der Waals surface area contributed by atoms with Crippen LogP contribution in [0.25, 0.3) is 0 Å². The van der Waals surface area contributed by atoms with E-state index in [1.165, 1.54) is 0 Å². The van der Waals surface area contributed by atoms with Crippen molar-refractivity contribution in [3.63, 3.8) is 0 Å². The highest BCUT2D eigenvalue weighted by Crippen LogP contribution is 2.14. The van der Waals surface area contributed by atoms with E-state index in [0.717, 1.165) is 31.6 Å². The molecule has 14 heavy (non-hydrogen) atoms. The second-order valence-electron chi connectivity index (χ2n) is 4.89. The summed E-state index contributed by atoms with van der Waals surface area (Å²) in [4.78, 5) is 11.9. The first-order valence-corrected chi connectivity index (χ1v) is 5.19. The molecule has 0 amide bonds. The molecule has 0 saturated heterocycles. The molecule has 0 N–H and O–H groups in total. The molecule has 4 heteroatoms. The minimum absolute atomic E-state index is 0.0483. The molecule has 1 aromatic heterocycles. The predicted octanol–water partition coefficient (Wildman–Crippen LogP) is 1.14. The highest BCUT2D eigenvalue weighted by Gasteiger charge is 2.23. The van der Waals surface area contributed by atoms with Crippen molar-refractivity contribution in [2.45, 2.75) is 52.1 Å². The van der Waals surface area contributed by atoms with Crippen molar-refractivity contribution in [1.29, 1.82) is 0 Å². The minimum Gasteiger partial charge on any atom is -0.279 e. The molecule has 1 aromatic rings. The van der Waals surface area contributed by atoms with Crippen molar-refractivity contribution in [2.75, 3.05) is 0 Å². The largest absolute Gasteiger partial charge is 0.346 e. The average Bonchev–Trinajstić information content (AvgIpc) is 2.44. The molecule has 0 fully saturated rings. The van der Waals surface area contributed by atoms with E-state index in [0.29, 0.717) is 0 Å². The van der Waals surface area contributed by atoms with Crippen LogP contribution in [0.3, 0.4) is 0 Å². The Morgan fingerprint density at radius 1 is 1.29 bits per heavy atom. The molecule has 0 saturated carbocycles. The molecule has 0 bridgehead atoms. The molecule has 0 aliphatic carbocycles. The summed E-state index contributed by atoms with van der Waals surface area (Å²) in [6.07, 6.45) is 3.20. The van der Waals surface area contributed by atoms with Crippen molar-refractivity contribution in [3.05, 3.63) is 16.3 Å². The fourth-order valence-corrected chi connectivity index (χ4v) is 1.84. The first-order chi connectivity index (χ1) is 6.50. The van der Waals surface area contributed by atoms with Gasteiger partial charge in [0.1, 0.15) is 5.82 Å². The summed E-state index contributed by atoms with van der Waals surface area (Å²) in [5, 5.41) is 4.39. The summed E-state index contributed by atoms with van der Waals surface area (Å²) in [5.41, 5.74) is -0.159. The van der Waals surface area contributed by atoms with Crippen molar-refractivity contribution >= 4 is 0 Å². The molecule has 78 valence electrons. The first kappa shape index (κ1) is 9.49. The number of nitrogens with zero attached hydrogens (tertiary/aromatic N) is 3. The number of aryl methyl sites for hydroxylation is 1. The van der Waals surface area contributed by atoms with E-state index in [9.17, 15) is 4.79 Å². The van der Waals surface area contributed by atoms with E-state index in [1.54, 1.807) is 4.68 Å². The van der Waals surface area contributed by atoms with Gasteiger partial charge in [0.2, 0.25) is 0 Å². The summed E-state index contributed by atoms with van der Waals surface area (Å²) in [7, 11) is 0. The molecule has 2 rings (SSSR count). The van der Waals surface area contributed by atoms with Gasteiger partial charge in [-0.05, 0) is 33.6 Å². The average molecular weight is 195 g/mol. The number of fused-ring (bicyclic) bond motifs is 1. The van der Waals surface area contributed by atoms with Crippen LogP contribution < -0.4 is 5.69 Å². The van der Waals surface area contributed by atoms with E-state index in [1.807, 2.05) is 25.3 Å². The molecular weight excluding hydrogens is 178 g/mol. The zero-order chi connectivity index (χ0) is 10.3. The Morgan fingerprint density at radius 3 is 2.57 bits per heavy atom. The third-order valence-corrected chi connectivity index (χ3v) is 2.61. The normalized spacial score (nSPS) is 16.8. The third-order valence-electron chi connectivity index (χ3n) is 2.61. The topological polar surface area (TPSA) is 39.8 Å². The van der Waals surface area contributed by atoms with Crippen molar-refractivity contribution in [3.8, 4) is 0 Å². The second-order valence-corrected chi connectivity index (χ2v) is 4.89. The van der Waals surface area contributed by atoms with E-state index in [2.05, 4.69) is 5.10 Å². The van der Waals surface area contributed by atoms with Gasteiger partial charge in [-0.2, -0.15) is 5.10 Å². The second kappa shape index (κ2) is 2.97. The highest BCUT2D eigenvalue weighted by atomic mass is 16.2. The van der Waals surface area contributed by atoms with Crippen LogP contribution >= 0.6 is 0 Å². The van der Waals surface area contributed by atoms with Gasteiger partial charge in [-0.15, -0.1) is 0 Å². The van der Waals surface area contributed by atoms with Gasteiger partial charge < -0.3 is 0 Å². The Balaban J connectivity index is 2.55. The minimum atomic E-state index is -0.207. The lowest BCUT2D eigenvalue weighted by molar-refractivity contribution is 0.340. The summed E-state index contributed by atoms with van der Waals surface area (Å²) in [6.45, 7) is 6.86. The Labute approximate surface area is 83.5 Å². The van der Waals surface area contributed by atoms with Crippen LogP contribution in [0.15, 0.2) is 4.79 Å². The zero-order valence-electron chi connectivity index (χ0n) is 9.08. The van der Waals surface area contributed by atoms with Gasteiger partial charge in [-0.1, -0.05) is 0 Å². The first-order valence-electron chi connectivity index (χ1n) is 5.19. The van der Waals surface area contributed by atoms with E-state index in [4.69, 9.17) is 0 Å². The Bertz CT molecular complexity index is 394. The SMILES string of the molecule is CC(C)(C)n1nc2n(c1=O)CCCC2. The summed E-state index contributed by atoms with van der Waals surface area (Å²) < 4.78 is 3.42. The predicted molar refractivity (Wildman–Crippen MR) is 54.4 cm³/mol. The summed E-state index contributed by atoms with van der Waals surface area (Å²) in [6, 6.07) is 0. The van der Waals surface area contributed by atoms with Gasteiger partial charge in [0.25, 0.3) is 0 Å². The van der Waals surface area contributed by atoms with Crippen molar-refractivity contribution < 1.29 is 0 Å². The molecular formula is C10H17N3O. The molecule has 4 nitrogen and oxygen atoms in total. The van der Waals surface area contributed by atoms with Crippen LogP contribution in [0, 0.1) is 0 Å². The zero-order valence-corrected chi connectivity index (χ0v) is 9.08. The van der Waals surface area contributed by atoms with Gasteiger partial charge >= 0.3 is 5.69 Å². The van der Waals surface area contributed by atoms with E-state index in [-0.39, 0.29) is 11.2 Å². The molecule has 0 radical (unpaired) electrons. The van der Waals surface area contributed by atoms with Gasteiger partial charge in [-0.25, -0.2) is 9.48 Å². The molecule has 0 unspecified atom stereocenters. The van der Waals surface area contributed by atoms with Crippen LogP contribution in [0.1, 0.15) is 39.4 Å². The maximum Gasteiger partial charge on any atom is 0.346 e. The lowest BCUT2D eigenvalue weighted by Crippen LogP contribution is -2.36. The van der Waals surface area contributed by atoms with Crippen LogP contribution in [0.2, 0.25) is 0 Å². The van der Waals surface area contributed by atoms with Gasteiger partial charge in [-0.3, -0.25) is 4.57 Å². The maximum atomic E-state index is 11.9. The lowest BCUT2D eigenvalue weighted by Gasteiger charge is -2.16. The monoisotopic (exact) mass is 195 g/mol. The smallest absolute Gasteiger partial charge is 0.279 e. The van der Waals surface area contributed by atoms with Crippen LogP contribution in [-0.2, 0) is 18.5 Å². The number of hydrogen-bond acceptors (Lipinski definition) is 2. The molecule has 1 aliphatic rings. The van der Waals surface area contributed by atoms with Gasteiger partial charge in [0, 0.05) is 13.0 Å². The van der Waals surface area contributed by atoms with Crippen molar-refractivity contribution in [2.24, 2.45) is 0 Å². The number of hydrogen-bond donors (Lipinski definition) is 0. The van der Waals surface area contributed by atoms with Gasteiger partial charge in [0.15, 0.2) is 0 Å². The van der Waals surface area contributed by atoms with Gasteiger partial charge in [0.05, 0.1) is 5.54 Å². The molecule has 2 heterocycles. The Morgan fingerprint density at radius 2 is 2.00 bits per heavy atom.